The number of carbonyl (C=O) groups excluding carboxylic acids is 1. The van der Waals surface area contributed by atoms with Gasteiger partial charge in [0.05, 0.1) is 0 Å². The van der Waals surface area contributed by atoms with Crippen LogP contribution in [0.5, 0.6) is 0 Å². The summed E-state index contributed by atoms with van der Waals surface area (Å²) in [6, 6.07) is 0. The van der Waals surface area contributed by atoms with E-state index in [9.17, 15) is 9.18 Å². The minimum Gasteiger partial charge on any atom is -0.458 e. The molecule has 1 N–H and O–H groups in total. The Bertz CT molecular complexity index is 270. The lowest BCUT2D eigenvalue weighted by Crippen LogP contribution is -2.50. The van der Waals surface area contributed by atoms with E-state index in [0.717, 1.165) is 0 Å². The maximum Gasteiger partial charge on any atom is 0.346 e. The molecule has 1 fully saturated rings. The molecule has 0 aromatic heterocycles. The summed E-state index contributed by atoms with van der Waals surface area (Å²) in [5.41, 5.74) is -3.27. The molecule has 3 nitrogen and oxygen atoms in total. The molecule has 0 spiro atoms. The molecular formula is C11H20FNO2. The minimum atomic E-state index is -1.92. The van der Waals surface area contributed by atoms with Gasteiger partial charge < -0.3 is 10.1 Å². The first-order valence-electron chi connectivity index (χ1n) is 5.22. The Labute approximate surface area is 90.4 Å². The van der Waals surface area contributed by atoms with Crippen LogP contribution in [-0.2, 0) is 9.53 Å². The second kappa shape index (κ2) is 3.44. The standard InChI is InChI=1S/C11H20FNO2/c1-9(2,3)15-8(14)11(12)7-13-6-10(11,4)5/h13H,6-7H2,1-5H3. The molecule has 1 saturated heterocycles. The van der Waals surface area contributed by atoms with Crippen molar-refractivity contribution in [1.29, 1.82) is 0 Å². The van der Waals surface area contributed by atoms with Crippen LogP contribution in [0, 0.1) is 5.41 Å². The molecule has 0 bridgehead atoms. The molecule has 0 amide bonds. The van der Waals surface area contributed by atoms with E-state index in [4.69, 9.17) is 4.74 Å². The fourth-order valence-electron chi connectivity index (χ4n) is 1.63. The lowest BCUT2D eigenvalue weighted by molar-refractivity contribution is -0.174. The van der Waals surface area contributed by atoms with Gasteiger partial charge in [-0.1, -0.05) is 13.8 Å². The molecule has 1 rings (SSSR count). The van der Waals surface area contributed by atoms with Gasteiger partial charge in [-0.2, -0.15) is 0 Å². The third kappa shape index (κ3) is 2.30. The van der Waals surface area contributed by atoms with Crippen molar-refractivity contribution in [2.75, 3.05) is 13.1 Å². The number of hydrogen-bond donors (Lipinski definition) is 1. The minimum absolute atomic E-state index is 0.0366. The zero-order valence-corrected chi connectivity index (χ0v) is 10.1. The Morgan fingerprint density at radius 2 is 1.87 bits per heavy atom. The van der Waals surface area contributed by atoms with E-state index in [1.165, 1.54) is 0 Å². The zero-order chi connectivity index (χ0) is 11.9. The molecule has 1 atom stereocenters. The van der Waals surface area contributed by atoms with Crippen molar-refractivity contribution in [1.82, 2.24) is 5.32 Å². The van der Waals surface area contributed by atoms with E-state index < -0.39 is 22.7 Å². The second-order valence-corrected chi connectivity index (χ2v) is 5.79. The summed E-state index contributed by atoms with van der Waals surface area (Å²) >= 11 is 0. The van der Waals surface area contributed by atoms with Crippen LogP contribution < -0.4 is 5.32 Å². The Morgan fingerprint density at radius 1 is 1.33 bits per heavy atom. The molecule has 1 unspecified atom stereocenters. The molecule has 0 radical (unpaired) electrons. The summed E-state index contributed by atoms with van der Waals surface area (Å²) in [7, 11) is 0. The smallest absolute Gasteiger partial charge is 0.346 e. The first kappa shape index (κ1) is 12.4. The Morgan fingerprint density at radius 3 is 2.20 bits per heavy atom. The van der Waals surface area contributed by atoms with Crippen LogP contribution >= 0.6 is 0 Å². The van der Waals surface area contributed by atoms with Gasteiger partial charge in [0.15, 0.2) is 0 Å². The quantitative estimate of drug-likeness (QED) is 0.679. The van der Waals surface area contributed by atoms with Crippen molar-refractivity contribution < 1.29 is 13.9 Å². The van der Waals surface area contributed by atoms with Crippen LogP contribution in [-0.4, -0.2) is 30.3 Å². The van der Waals surface area contributed by atoms with Crippen LogP contribution in [0.1, 0.15) is 34.6 Å². The lowest BCUT2D eigenvalue weighted by atomic mass is 9.79. The predicted octanol–water partition coefficient (Wildman–Crippen LogP) is 1.67. The zero-order valence-electron chi connectivity index (χ0n) is 10.1. The highest BCUT2D eigenvalue weighted by Gasteiger charge is 2.57. The monoisotopic (exact) mass is 217 g/mol. The predicted molar refractivity (Wildman–Crippen MR) is 56.3 cm³/mol. The first-order valence-corrected chi connectivity index (χ1v) is 5.22. The molecule has 1 aliphatic heterocycles. The number of nitrogens with one attached hydrogen (secondary N) is 1. The highest BCUT2D eigenvalue weighted by atomic mass is 19.1. The average Bonchev–Trinajstić information content (AvgIpc) is 2.24. The lowest BCUT2D eigenvalue weighted by Gasteiger charge is -2.33. The molecule has 88 valence electrons. The fourth-order valence-corrected chi connectivity index (χ4v) is 1.63. The van der Waals surface area contributed by atoms with Crippen LogP contribution in [0.4, 0.5) is 4.39 Å². The number of esters is 1. The van der Waals surface area contributed by atoms with Gasteiger partial charge in [-0.25, -0.2) is 9.18 Å². The van der Waals surface area contributed by atoms with Crippen molar-refractivity contribution in [3.05, 3.63) is 0 Å². The molecule has 0 aromatic carbocycles. The maximum atomic E-state index is 14.5. The Hall–Kier alpha value is -0.640. The number of halogens is 1. The van der Waals surface area contributed by atoms with Crippen molar-refractivity contribution >= 4 is 5.97 Å². The number of alkyl halides is 1. The van der Waals surface area contributed by atoms with Gasteiger partial charge in [0, 0.05) is 18.5 Å². The molecule has 0 saturated carbocycles. The van der Waals surface area contributed by atoms with Gasteiger partial charge in [0.1, 0.15) is 5.60 Å². The molecule has 15 heavy (non-hydrogen) atoms. The van der Waals surface area contributed by atoms with E-state index in [2.05, 4.69) is 5.32 Å². The van der Waals surface area contributed by atoms with Gasteiger partial charge in [0.25, 0.3) is 0 Å². The van der Waals surface area contributed by atoms with Crippen molar-refractivity contribution in [2.45, 2.75) is 45.9 Å². The number of carbonyl (C=O) groups is 1. The summed E-state index contributed by atoms with van der Waals surface area (Å²) in [4.78, 5) is 11.8. The average molecular weight is 217 g/mol. The van der Waals surface area contributed by atoms with Gasteiger partial charge in [-0.3, -0.25) is 0 Å². The maximum absolute atomic E-state index is 14.5. The van der Waals surface area contributed by atoms with Crippen molar-refractivity contribution in [3.63, 3.8) is 0 Å². The van der Waals surface area contributed by atoms with E-state index >= 15 is 0 Å². The second-order valence-electron chi connectivity index (χ2n) is 5.79. The van der Waals surface area contributed by atoms with E-state index in [0.29, 0.717) is 6.54 Å². The molecule has 0 aromatic rings. The molecule has 1 heterocycles. The van der Waals surface area contributed by atoms with Crippen LogP contribution in [0.3, 0.4) is 0 Å². The first-order chi connectivity index (χ1) is 6.58. The largest absolute Gasteiger partial charge is 0.458 e. The molecular weight excluding hydrogens is 197 g/mol. The number of hydrogen-bond acceptors (Lipinski definition) is 3. The topological polar surface area (TPSA) is 38.3 Å². The summed E-state index contributed by atoms with van der Waals surface area (Å²) in [6.45, 7) is 9.21. The van der Waals surface area contributed by atoms with Gasteiger partial charge in [0.2, 0.25) is 5.67 Å². The van der Waals surface area contributed by atoms with E-state index in [1.807, 2.05) is 0 Å². The SMILES string of the molecule is CC(C)(C)OC(=O)C1(F)CNCC1(C)C. The van der Waals surface area contributed by atoms with Crippen LogP contribution in [0.25, 0.3) is 0 Å². The normalized spacial score (nSPS) is 30.3. The van der Waals surface area contributed by atoms with Gasteiger partial charge >= 0.3 is 5.97 Å². The van der Waals surface area contributed by atoms with Crippen LogP contribution in [0.2, 0.25) is 0 Å². The highest BCUT2D eigenvalue weighted by molar-refractivity contribution is 5.82. The van der Waals surface area contributed by atoms with Gasteiger partial charge in [-0.05, 0) is 20.8 Å². The van der Waals surface area contributed by atoms with Gasteiger partial charge in [-0.15, -0.1) is 0 Å². The number of ether oxygens (including phenoxy) is 1. The summed E-state index contributed by atoms with van der Waals surface area (Å²) < 4.78 is 19.6. The Kier molecular flexibility index (Phi) is 2.85. The fraction of sp³-hybridized carbons (Fsp3) is 0.909. The third-order valence-corrected chi connectivity index (χ3v) is 2.73. The summed E-state index contributed by atoms with van der Waals surface area (Å²) in [5.74, 6) is -0.759. The highest BCUT2D eigenvalue weighted by Crippen LogP contribution is 2.39. The van der Waals surface area contributed by atoms with E-state index in [-0.39, 0.29) is 6.54 Å². The van der Waals surface area contributed by atoms with Crippen molar-refractivity contribution in [2.24, 2.45) is 5.41 Å². The van der Waals surface area contributed by atoms with Crippen molar-refractivity contribution in [3.8, 4) is 0 Å². The summed E-state index contributed by atoms with van der Waals surface area (Å²) in [6.07, 6.45) is 0. The molecule has 0 aliphatic carbocycles. The summed E-state index contributed by atoms with van der Waals surface area (Å²) in [5, 5.41) is 2.89. The molecule has 4 heteroatoms. The van der Waals surface area contributed by atoms with E-state index in [1.54, 1.807) is 34.6 Å². The number of rotatable bonds is 1. The van der Waals surface area contributed by atoms with Crippen LogP contribution in [0.15, 0.2) is 0 Å². The Balaban J connectivity index is 2.83. The third-order valence-electron chi connectivity index (χ3n) is 2.73. The molecule has 1 aliphatic rings.